The molecule has 0 heterocycles. The van der Waals surface area contributed by atoms with Gasteiger partial charge in [-0.2, -0.15) is 0 Å². The summed E-state index contributed by atoms with van der Waals surface area (Å²) in [6.45, 7) is 20.0. The number of hydrogen-bond acceptors (Lipinski definition) is 0. The summed E-state index contributed by atoms with van der Waals surface area (Å²) in [6, 6.07) is 0. The van der Waals surface area contributed by atoms with Crippen molar-refractivity contribution in [2.45, 2.75) is 234 Å². The van der Waals surface area contributed by atoms with E-state index in [2.05, 4.69) is 47.8 Å². The Morgan fingerprint density at radius 1 is 0.452 bits per heavy atom. The monoisotopic (exact) mass is 589 g/mol. The Balaban J connectivity index is 0. The van der Waals surface area contributed by atoms with E-state index >= 15 is 0 Å². The lowest BCUT2D eigenvalue weighted by molar-refractivity contribution is 0.409. The molecule has 0 amide bonds. The van der Waals surface area contributed by atoms with E-state index < -0.39 is 0 Å². The largest absolute Gasteiger partial charge is 0.103 e. The zero-order chi connectivity index (χ0) is 31.4. The summed E-state index contributed by atoms with van der Waals surface area (Å²) < 4.78 is 0. The molecule has 0 saturated carbocycles. The Morgan fingerprint density at radius 2 is 0.762 bits per heavy atom. The first-order valence-electron chi connectivity index (χ1n) is 19.9. The minimum Gasteiger partial charge on any atom is -0.103 e. The maximum Gasteiger partial charge on any atom is -0.0206 e. The van der Waals surface area contributed by atoms with Crippen LogP contribution in [-0.4, -0.2) is 0 Å². The van der Waals surface area contributed by atoms with E-state index in [0.29, 0.717) is 0 Å². The van der Waals surface area contributed by atoms with Crippen molar-refractivity contribution in [1.82, 2.24) is 0 Å². The van der Waals surface area contributed by atoms with Gasteiger partial charge < -0.3 is 0 Å². The van der Waals surface area contributed by atoms with E-state index in [1.807, 2.05) is 6.08 Å². The third-order valence-electron chi connectivity index (χ3n) is 9.31. The number of unbranched alkanes of at least 4 members (excludes halogenated alkanes) is 23. The molecule has 1 atom stereocenters. The Hall–Kier alpha value is -0.520. The van der Waals surface area contributed by atoms with E-state index in [9.17, 15) is 0 Å². The van der Waals surface area contributed by atoms with Gasteiger partial charge in [0.05, 0.1) is 0 Å². The molecule has 0 radical (unpaired) electrons. The van der Waals surface area contributed by atoms with Crippen molar-refractivity contribution in [1.29, 1.82) is 0 Å². The van der Waals surface area contributed by atoms with Crippen LogP contribution in [0.3, 0.4) is 0 Å². The van der Waals surface area contributed by atoms with Crippen LogP contribution in [0.5, 0.6) is 0 Å². The Kier molecular flexibility index (Phi) is 40.0. The minimum atomic E-state index is 0.800. The van der Waals surface area contributed by atoms with Gasteiger partial charge in [0.2, 0.25) is 0 Å². The van der Waals surface area contributed by atoms with E-state index in [4.69, 9.17) is 0 Å². The smallest absolute Gasteiger partial charge is 0.0206 e. The Morgan fingerprint density at radius 3 is 1.12 bits per heavy atom. The molecule has 0 nitrogen and oxygen atoms in total. The van der Waals surface area contributed by atoms with Crippen LogP contribution in [0.25, 0.3) is 0 Å². The van der Waals surface area contributed by atoms with Crippen LogP contribution in [0.4, 0.5) is 0 Å². The molecule has 0 aliphatic rings. The van der Waals surface area contributed by atoms with E-state index in [0.717, 1.165) is 11.8 Å². The maximum atomic E-state index is 4.63. The molecule has 252 valence electrons. The highest BCUT2D eigenvalue weighted by Gasteiger charge is 2.15. The van der Waals surface area contributed by atoms with Crippen molar-refractivity contribution in [2.75, 3.05) is 0 Å². The SMILES string of the molecule is C=C(CC(C)CCCCCCCCC)C(CCCCCCCC)CCCCCCCC.C=CCCCCCCCCC. The van der Waals surface area contributed by atoms with Crippen LogP contribution in [-0.2, 0) is 0 Å². The molecule has 0 bridgehead atoms. The lowest BCUT2D eigenvalue weighted by atomic mass is 9.83. The van der Waals surface area contributed by atoms with Gasteiger partial charge in [-0.25, -0.2) is 0 Å². The molecular weight excluding hydrogens is 504 g/mol. The zero-order valence-corrected chi connectivity index (χ0v) is 30.6. The summed E-state index contributed by atoms with van der Waals surface area (Å²) in [5.74, 6) is 1.63. The fourth-order valence-electron chi connectivity index (χ4n) is 6.31. The van der Waals surface area contributed by atoms with Crippen molar-refractivity contribution >= 4 is 0 Å². The molecule has 0 rings (SSSR count). The van der Waals surface area contributed by atoms with Gasteiger partial charge in [0, 0.05) is 0 Å². The molecule has 0 aromatic heterocycles. The van der Waals surface area contributed by atoms with Crippen LogP contribution in [0.15, 0.2) is 24.8 Å². The molecular formula is C42H84. The lowest BCUT2D eigenvalue weighted by Crippen LogP contribution is -2.08. The van der Waals surface area contributed by atoms with Gasteiger partial charge in [-0.15, -0.1) is 6.58 Å². The van der Waals surface area contributed by atoms with Gasteiger partial charge in [0.25, 0.3) is 0 Å². The van der Waals surface area contributed by atoms with E-state index in [1.54, 1.807) is 5.57 Å². The molecule has 0 aliphatic carbocycles. The van der Waals surface area contributed by atoms with Gasteiger partial charge in [-0.3, -0.25) is 0 Å². The second-order valence-corrected chi connectivity index (χ2v) is 13.9. The van der Waals surface area contributed by atoms with Crippen LogP contribution in [0, 0.1) is 11.8 Å². The first-order chi connectivity index (χ1) is 20.6. The molecule has 0 heteroatoms. The molecule has 0 aromatic carbocycles. The second-order valence-electron chi connectivity index (χ2n) is 13.9. The topological polar surface area (TPSA) is 0 Å². The average Bonchev–Trinajstić information content (AvgIpc) is 2.99. The van der Waals surface area contributed by atoms with E-state index in [-0.39, 0.29) is 0 Å². The normalized spacial score (nSPS) is 11.9. The summed E-state index contributed by atoms with van der Waals surface area (Å²) in [7, 11) is 0. The Labute approximate surface area is 269 Å². The molecule has 0 saturated heterocycles. The third kappa shape index (κ3) is 35.7. The maximum absolute atomic E-state index is 4.63. The van der Waals surface area contributed by atoms with Gasteiger partial charge in [-0.1, -0.05) is 220 Å². The molecule has 0 spiro atoms. The first-order valence-corrected chi connectivity index (χ1v) is 19.9. The third-order valence-corrected chi connectivity index (χ3v) is 9.31. The highest BCUT2D eigenvalue weighted by molar-refractivity contribution is 5.01. The summed E-state index contributed by atoms with van der Waals surface area (Å²) in [5.41, 5.74) is 1.59. The van der Waals surface area contributed by atoms with Crippen molar-refractivity contribution in [3.8, 4) is 0 Å². The van der Waals surface area contributed by atoms with Gasteiger partial charge in [0.1, 0.15) is 0 Å². The first kappa shape index (κ1) is 43.6. The number of allylic oxidation sites excluding steroid dienone is 2. The molecule has 0 fully saturated rings. The summed E-state index contributed by atoms with van der Waals surface area (Å²) in [5, 5.41) is 0. The van der Waals surface area contributed by atoms with Crippen LogP contribution >= 0.6 is 0 Å². The summed E-state index contributed by atoms with van der Waals surface area (Å²) in [4.78, 5) is 0. The molecule has 0 N–H and O–H groups in total. The zero-order valence-electron chi connectivity index (χ0n) is 30.6. The van der Waals surface area contributed by atoms with Crippen LogP contribution in [0.1, 0.15) is 234 Å². The predicted molar refractivity (Wildman–Crippen MR) is 198 cm³/mol. The number of rotatable bonds is 33. The summed E-state index contributed by atoms with van der Waals surface area (Å²) in [6.07, 6.45) is 45.6. The van der Waals surface area contributed by atoms with Gasteiger partial charge in [0.15, 0.2) is 0 Å². The highest BCUT2D eigenvalue weighted by atomic mass is 14.2. The molecule has 0 aromatic rings. The van der Waals surface area contributed by atoms with Crippen molar-refractivity contribution in [2.24, 2.45) is 11.8 Å². The minimum absolute atomic E-state index is 0.800. The van der Waals surface area contributed by atoms with Crippen LogP contribution in [0.2, 0.25) is 0 Å². The molecule has 42 heavy (non-hydrogen) atoms. The standard InChI is InChI=1S/C31H62.C11H22/c1-6-9-12-15-18-19-22-25-29(4)28-30(5)31(26-23-20-16-13-10-7-2)27-24-21-17-14-11-8-3;1-3-5-7-9-11-10-8-6-4-2/h29,31H,5-28H2,1-4H3;3H,1,4-11H2,2H3. The number of hydrogen-bond donors (Lipinski definition) is 0. The van der Waals surface area contributed by atoms with Gasteiger partial charge >= 0.3 is 0 Å². The summed E-state index contributed by atoms with van der Waals surface area (Å²) >= 11 is 0. The fraction of sp³-hybridized carbons (Fsp3) is 0.905. The van der Waals surface area contributed by atoms with Crippen molar-refractivity contribution < 1.29 is 0 Å². The lowest BCUT2D eigenvalue weighted by Gasteiger charge is -2.23. The van der Waals surface area contributed by atoms with E-state index in [1.165, 1.54) is 199 Å². The Bertz CT molecular complexity index is 486. The second kappa shape index (κ2) is 38.5. The predicted octanol–water partition coefficient (Wildman–Crippen LogP) is 16.1. The van der Waals surface area contributed by atoms with Crippen molar-refractivity contribution in [3.63, 3.8) is 0 Å². The quantitative estimate of drug-likeness (QED) is 0.0528. The molecule has 0 aliphatic heterocycles. The van der Waals surface area contributed by atoms with Crippen LogP contribution < -0.4 is 0 Å². The molecule has 1 unspecified atom stereocenters. The van der Waals surface area contributed by atoms with Crippen molar-refractivity contribution in [3.05, 3.63) is 24.8 Å². The van der Waals surface area contributed by atoms with Gasteiger partial charge in [-0.05, 0) is 43.9 Å². The highest BCUT2D eigenvalue weighted by Crippen LogP contribution is 2.30. The average molecular weight is 589 g/mol. The fourth-order valence-corrected chi connectivity index (χ4v) is 6.31.